The summed E-state index contributed by atoms with van der Waals surface area (Å²) in [6, 6.07) is 14.5. The molecule has 0 spiro atoms. The number of aromatic amines is 1. The molecule has 29 heavy (non-hydrogen) atoms. The number of carbonyl (C=O) groups excluding carboxylic acids is 1. The van der Waals surface area contributed by atoms with Crippen molar-refractivity contribution in [3.63, 3.8) is 0 Å². The summed E-state index contributed by atoms with van der Waals surface area (Å²) < 4.78 is 15.9. The van der Waals surface area contributed by atoms with E-state index in [0.29, 0.717) is 29.5 Å². The highest BCUT2D eigenvalue weighted by Crippen LogP contribution is 2.27. The van der Waals surface area contributed by atoms with Crippen molar-refractivity contribution in [1.29, 1.82) is 0 Å². The zero-order chi connectivity index (χ0) is 20.6. The zero-order valence-electron chi connectivity index (χ0n) is 16.4. The third-order valence-electron chi connectivity index (χ3n) is 4.05. The quantitative estimate of drug-likeness (QED) is 0.451. The Morgan fingerprint density at radius 3 is 2.72 bits per heavy atom. The maximum atomic E-state index is 12.3. The number of ether oxygens (including phenoxy) is 3. The molecule has 0 saturated heterocycles. The molecular formula is C21H22N4O4. The molecule has 1 amide bonds. The number of carbonyl (C=O) groups is 1. The molecule has 1 heterocycles. The summed E-state index contributed by atoms with van der Waals surface area (Å²) >= 11 is 0. The summed E-state index contributed by atoms with van der Waals surface area (Å²) in [5, 5.41) is 10.9. The van der Waals surface area contributed by atoms with E-state index in [1.54, 1.807) is 38.5 Å². The number of aromatic nitrogens is 2. The second-order valence-electron chi connectivity index (χ2n) is 5.94. The van der Waals surface area contributed by atoms with E-state index in [1.165, 1.54) is 6.21 Å². The highest BCUT2D eigenvalue weighted by Gasteiger charge is 2.11. The molecule has 0 aliphatic rings. The summed E-state index contributed by atoms with van der Waals surface area (Å²) in [4.78, 5) is 12.3. The summed E-state index contributed by atoms with van der Waals surface area (Å²) in [5.41, 5.74) is 5.01. The predicted molar refractivity (Wildman–Crippen MR) is 110 cm³/mol. The average molecular weight is 394 g/mol. The van der Waals surface area contributed by atoms with Gasteiger partial charge in [0.05, 0.1) is 32.7 Å². The van der Waals surface area contributed by atoms with Crippen molar-refractivity contribution >= 4 is 12.1 Å². The van der Waals surface area contributed by atoms with Gasteiger partial charge in [0.15, 0.2) is 11.5 Å². The van der Waals surface area contributed by atoms with Crippen LogP contribution < -0.4 is 19.6 Å². The second kappa shape index (κ2) is 9.41. The normalized spacial score (nSPS) is 10.7. The highest BCUT2D eigenvalue weighted by atomic mass is 16.5. The zero-order valence-corrected chi connectivity index (χ0v) is 16.4. The minimum absolute atomic E-state index is 0.297. The van der Waals surface area contributed by atoms with Gasteiger partial charge in [0.1, 0.15) is 11.4 Å². The predicted octanol–water partition coefficient (Wildman–Crippen LogP) is 3.26. The van der Waals surface area contributed by atoms with E-state index in [-0.39, 0.29) is 0 Å². The molecule has 0 saturated carbocycles. The fourth-order valence-corrected chi connectivity index (χ4v) is 2.66. The Morgan fingerprint density at radius 2 is 1.97 bits per heavy atom. The Kier molecular flexibility index (Phi) is 6.47. The lowest BCUT2D eigenvalue weighted by Crippen LogP contribution is -2.18. The molecule has 0 radical (unpaired) electrons. The largest absolute Gasteiger partial charge is 0.494 e. The van der Waals surface area contributed by atoms with Gasteiger partial charge in [-0.2, -0.15) is 10.2 Å². The van der Waals surface area contributed by atoms with Crippen LogP contribution in [0.25, 0.3) is 11.3 Å². The Labute approximate surface area is 168 Å². The number of H-pyrrole nitrogens is 1. The van der Waals surface area contributed by atoms with Crippen LogP contribution in [0.1, 0.15) is 23.0 Å². The van der Waals surface area contributed by atoms with Crippen molar-refractivity contribution in [2.75, 3.05) is 20.8 Å². The molecule has 0 atom stereocenters. The molecule has 0 unspecified atom stereocenters. The fraction of sp³-hybridized carbons (Fsp3) is 0.190. The standard InChI is InChI=1S/C21H22N4O4/c1-4-29-16-7-5-6-15(11-16)17-12-18(24-23-17)21(26)25-22-13-14-8-9-19(27-2)20(10-14)28-3/h5-13H,4H2,1-3H3,(H,23,24)(H,25,26)/b22-13-. The number of hydrazone groups is 1. The van der Waals surface area contributed by atoms with Crippen LogP contribution in [-0.4, -0.2) is 43.1 Å². The average Bonchev–Trinajstić information content (AvgIpc) is 3.24. The van der Waals surface area contributed by atoms with E-state index in [4.69, 9.17) is 14.2 Å². The summed E-state index contributed by atoms with van der Waals surface area (Å²) in [6.07, 6.45) is 1.52. The van der Waals surface area contributed by atoms with Gasteiger partial charge in [-0.3, -0.25) is 9.89 Å². The summed E-state index contributed by atoms with van der Waals surface area (Å²) in [6.45, 7) is 2.50. The second-order valence-corrected chi connectivity index (χ2v) is 5.94. The van der Waals surface area contributed by atoms with Crippen molar-refractivity contribution in [1.82, 2.24) is 15.6 Å². The van der Waals surface area contributed by atoms with Crippen molar-refractivity contribution in [2.24, 2.45) is 5.10 Å². The van der Waals surface area contributed by atoms with Gasteiger partial charge in [0.25, 0.3) is 5.91 Å². The Bertz CT molecular complexity index is 1010. The molecule has 2 N–H and O–H groups in total. The number of rotatable bonds is 8. The van der Waals surface area contributed by atoms with Crippen LogP contribution in [0.15, 0.2) is 53.6 Å². The van der Waals surface area contributed by atoms with Crippen LogP contribution in [0, 0.1) is 0 Å². The molecule has 1 aromatic heterocycles. The number of benzene rings is 2. The topological polar surface area (TPSA) is 97.8 Å². The van der Waals surface area contributed by atoms with Gasteiger partial charge < -0.3 is 14.2 Å². The van der Waals surface area contributed by atoms with E-state index in [2.05, 4.69) is 20.7 Å². The molecule has 2 aromatic carbocycles. The van der Waals surface area contributed by atoms with E-state index in [1.807, 2.05) is 31.2 Å². The minimum atomic E-state index is -0.401. The first-order valence-corrected chi connectivity index (χ1v) is 8.98. The molecule has 0 aliphatic heterocycles. The molecule has 0 bridgehead atoms. The van der Waals surface area contributed by atoms with Crippen LogP contribution in [0.3, 0.4) is 0 Å². The monoisotopic (exact) mass is 394 g/mol. The van der Waals surface area contributed by atoms with Crippen molar-refractivity contribution in [3.8, 4) is 28.5 Å². The van der Waals surface area contributed by atoms with Crippen LogP contribution >= 0.6 is 0 Å². The fourth-order valence-electron chi connectivity index (χ4n) is 2.66. The van der Waals surface area contributed by atoms with E-state index < -0.39 is 5.91 Å². The van der Waals surface area contributed by atoms with Crippen LogP contribution in [0.5, 0.6) is 17.2 Å². The lowest BCUT2D eigenvalue weighted by atomic mass is 10.1. The number of amides is 1. The first-order chi connectivity index (χ1) is 14.1. The summed E-state index contributed by atoms with van der Waals surface area (Å²) in [7, 11) is 3.12. The maximum absolute atomic E-state index is 12.3. The molecule has 8 nitrogen and oxygen atoms in total. The Hall–Kier alpha value is -3.81. The van der Waals surface area contributed by atoms with Crippen LogP contribution in [0.4, 0.5) is 0 Å². The molecule has 0 fully saturated rings. The molecule has 3 aromatic rings. The number of methoxy groups -OCH3 is 2. The highest BCUT2D eigenvalue weighted by molar-refractivity contribution is 5.94. The number of hydrogen-bond acceptors (Lipinski definition) is 6. The lowest BCUT2D eigenvalue weighted by Gasteiger charge is -2.07. The number of hydrogen-bond donors (Lipinski definition) is 2. The van der Waals surface area contributed by atoms with Crippen molar-refractivity contribution in [2.45, 2.75) is 6.92 Å². The van der Waals surface area contributed by atoms with Crippen molar-refractivity contribution in [3.05, 3.63) is 59.8 Å². The van der Waals surface area contributed by atoms with Gasteiger partial charge in [0.2, 0.25) is 0 Å². The van der Waals surface area contributed by atoms with Gasteiger partial charge in [-0.1, -0.05) is 12.1 Å². The van der Waals surface area contributed by atoms with Gasteiger partial charge in [-0.05, 0) is 48.9 Å². The number of nitrogens with zero attached hydrogens (tertiary/aromatic N) is 2. The third-order valence-corrected chi connectivity index (χ3v) is 4.05. The molecule has 8 heteroatoms. The van der Waals surface area contributed by atoms with E-state index in [0.717, 1.165) is 16.9 Å². The lowest BCUT2D eigenvalue weighted by molar-refractivity contribution is 0.0950. The Balaban J connectivity index is 1.66. The smallest absolute Gasteiger partial charge is 0.289 e. The van der Waals surface area contributed by atoms with Gasteiger partial charge in [-0.15, -0.1) is 0 Å². The van der Waals surface area contributed by atoms with E-state index in [9.17, 15) is 4.79 Å². The van der Waals surface area contributed by atoms with Crippen LogP contribution in [0.2, 0.25) is 0 Å². The summed E-state index contributed by atoms with van der Waals surface area (Å²) in [5.74, 6) is 1.54. The first kappa shape index (κ1) is 19.9. The van der Waals surface area contributed by atoms with Crippen LogP contribution in [-0.2, 0) is 0 Å². The molecule has 0 aliphatic carbocycles. The minimum Gasteiger partial charge on any atom is -0.494 e. The third kappa shape index (κ3) is 4.92. The van der Waals surface area contributed by atoms with Gasteiger partial charge in [0, 0.05) is 5.56 Å². The Morgan fingerprint density at radius 1 is 1.14 bits per heavy atom. The van der Waals surface area contributed by atoms with Gasteiger partial charge >= 0.3 is 0 Å². The molecule has 3 rings (SSSR count). The SMILES string of the molecule is CCOc1cccc(-c2cc(C(=O)N/N=C\c3ccc(OC)c(OC)c3)[nH]n2)c1. The number of nitrogens with one attached hydrogen (secondary N) is 2. The maximum Gasteiger partial charge on any atom is 0.289 e. The molecule has 150 valence electrons. The van der Waals surface area contributed by atoms with Crippen molar-refractivity contribution < 1.29 is 19.0 Å². The van der Waals surface area contributed by atoms with E-state index >= 15 is 0 Å². The van der Waals surface area contributed by atoms with Gasteiger partial charge in [-0.25, -0.2) is 5.43 Å². The first-order valence-electron chi connectivity index (χ1n) is 8.98. The molecular weight excluding hydrogens is 372 g/mol.